The minimum absolute atomic E-state index is 0. The van der Waals surface area contributed by atoms with Crippen LogP contribution < -0.4 is 10.2 Å². The van der Waals surface area contributed by atoms with E-state index in [2.05, 4.69) is 25.2 Å². The minimum Gasteiger partial charge on any atom is -0.352 e. The molecule has 0 radical (unpaired) electrons. The molecule has 0 aromatic carbocycles. The molecule has 1 saturated heterocycles. The van der Waals surface area contributed by atoms with Gasteiger partial charge in [0.25, 0.3) is 0 Å². The number of hydrogen-bond donors (Lipinski definition) is 2. The summed E-state index contributed by atoms with van der Waals surface area (Å²) in [5, 5.41) is 4.56. The zero-order valence-corrected chi connectivity index (χ0v) is 15.4. The molecule has 4 heterocycles. The molecule has 1 aliphatic carbocycles. The Morgan fingerprint density at radius 3 is 3.07 bits per heavy atom. The van der Waals surface area contributed by atoms with E-state index in [1.54, 1.807) is 12.4 Å². The van der Waals surface area contributed by atoms with E-state index in [1.165, 1.54) is 0 Å². The SMILES string of the molecule is O=C(NC1CC1)[C@H]1CCCN1c1ccnc(-c2c[nH]c3ncc(Cl)cc23)n1.[HH]. The van der Waals surface area contributed by atoms with E-state index in [0.717, 1.165) is 54.6 Å². The highest BCUT2D eigenvalue weighted by molar-refractivity contribution is 6.31. The molecule has 2 N–H and O–H groups in total. The van der Waals surface area contributed by atoms with E-state index >= 15 is 0 Å². The fourth-order valence-corrected chi connectivity index (χ4v) is 3.80. The number of nitrogens with zero attached hydrogens (tertiary/aromatic N) is 4. The van der Waals surface area contributed by atoms with Gasteiger partial charge in [0, 0.05) is 43.6 Å². The third kappa shape index (κ3) is 3.12. The maximum atomic E-state index is 12.6. The van der Waals surface area contributed by atoms with Gasteiger partial charge in [0.15, 0.2) is 5.82 Å². The van der Waals surface area contributed by atoms with Gasteiger partial charge in [-0.15, -0.1) is 0 Å². The number of H-pyrrole nitrogens is 1. The predicted molar refractivity (Wildman–Crippen MR) is 106 cm³/mol. The molecule has 1 saturated carbocycles. The van der Waals surface area contributed by atoms with Gasteiger partial charge in [-0.1, -0.05) is 11.6 Å². The first-order valence-electron chi connectivity index (χ1n) is 9.22. The van der Waals surface area contributed by atoms with E-state index in [9.17, 15) is 4.79 Å². The molecule has 7 nitrogen and oxygen atoms in total. The van der Waals surface area contributed by atoms with Gasteiger partial charge in [-0.3, -0.25) is 4.79 Å². The van der Waals surface area contributed by atoms with Crippen LogP contribution in [-0.2, 0) is 4.79 Å². The lowest BCUT2D eigenvalue weighted by atomic mass is 10.2. The van der Waals surface area contributed by atoms with Crippen LogP contribution in [0.5, 0.6) is 0 Å². The van der Waals surface area contributed by atoms with Crippen molar-refractivity contribution in [1.82, 2.24) is 25.3 Å². The Bertz CT molecular complexity index is 1020. The zero-order chi connectivity index (χ0) is 18.4. The minimum atomic E-state index is -0.160. The molecule has 1 amide bonds. The van der Waals surface area contributed by atoms with Crippen molar-refractivity contribution in [2.75, 3.05) is 11.4 Å². The monoisotopic (exact) mass is 384 g/mol. The highest BCUT2D eigenvalue weighted by Crippen LogP contribution is 2.30. The average molecular weight is 385 g/mol. The number of hydrogen-bond acceptors (Lipinski definition) is 5. The highest BCUT2D eigenvalue weighted by Gasteiger charge is 2.34. The van der Waals surface area contributed by atoms with Gasteiger partial charge in [0.05, 0.1) is 5.02 Å². The second-order valence-electron chi connectivity index (χ2n) is 7.12. The van der Waals surface area contributed by atoms with Crippen molar-refractivity contribution in [2.45, 2.75) is 37.8 Å². The first-order chi connectivity index (χ1) is 13.2. The number of aromatic amines is 1. The third-order valence-corrected chi connectivity index (χ3v) is 5.36. The Morgan fingerprint density at radius 1 is 1.33 bits per heavy atom. The van der Waals surface area contributed by atoms with E-state index < -0.39 is 0 Å². The van der Waals surface area contributed by atoms with Crippen LogP contribution in [0.15, 0.2) is 30.7 Å². The molecule has 5 rings (SSSR count). The van der Waals surface area contributed by atoms with Crippen LogP contribution in [0.4, 0.5) is 5.82 Å². The van der Waals surface area contributed by atoms with Crippen LogP contribution in [0.3, 0.4) is 0 Å². The third-order valence-electron chi connectivity index (χ3n) is 5.15. The number of carbonyl (C=O) groups is 1. The van der Waals surface area contributed by atoms with E-state index in [1.807, 2.05) is 18.3 Å². The van der Waals surface area contributed by atoms with E-state index in [-0.39, 0.29) is 13.4 Å². The number of anilines is 1. The highest BCUT2D eigenvalue weighted by atomic mass is 35.5. The van der Waals surface area contributed by atoms with Crippen LogP contribution in [0, 0.1) is 0 Å². The van der Waals surface area contributed by atoms with Crippen molar-refractivity contribution in [2.24, 2.45) is 0 Å². The maximum Gasteiger partial charge on any atom is 0.242 e. The summed E-state index contributed by atoms with van der Waals surface area (Å²) in [6.07, 6.45) is 9.20. The molecule has 140 valence electrons. The van der Waals surface area contributed by atoms with Crippen LogP contribution in [-0.4, -0.2) is 44.5 Å². The van der Waals surface area contributed by atoms with Crippen LogP contribution >= 0.6 is 11.6 Å². The quantitative estimate of drug-likeness (QED) is 0.721. The first-order valence-corrected chi connectivity index (χ1v) is 9.60. The van der Waals surface area contributed by atoms with Gasteiger partial charge < -0.3 is 15.2 Å². The normalized spacial score (nSPS) is 19.6. The molecular weight excluding hydrogens is 364 g/mol. The standard InChI is InChI=1S/C19H19ClN6O.H2/c20-11-8-13-14(10-23-17(13)22-9-11)18-21-6-5-16(25-18)26-7-1-2-15(26)19(27)24-12-3-4-12;/h5-6,8-10,12,15H,1-4,7H2,(H,22,23)(H,24,27);1H/t15-;/m1./s1. The zero-order valence-electron chi connectivity index (χ0n) is 14.7. The smallest absolute Gasteiger partial charge is 0.242 e. The lowest BCUT2D eigenvalue weighted by Crippen LogP contribution is -2.44. The average Bonchev–Trinajstić information content (AvgIpc) is 3.20. The second kappa shape index (κ2) is 6.49. The molecule has 2 aliphatic rings. The number of aromatic nitrogens is 4. The molecule has 0 bridgehead atoms. The summed E-state index contributed by atoms with van der Waals surface area (Å²) in [7, 11) is 0. The number of carbonyl (C=O) groups excluding carboxylic acids is 1. The van der Waals surface area contributed by atoms with E-state index in [0.29, 0.717) is 16.9 Å². The summed E-state index contributed by atoms with van der Waals surface area (Å²) < 4.78 is 0. The van der Waals surface area contributed by atoms with Gasteiger partial charge in [-0.25, -0.2) is 15.0 Å². The molecule has 2 fully saturated rings. The van der Waals surface area contributed by atoms with Crippen LogP contribution in [0.1, 0.15) is 27.1 Å². The summed E-state index contributed by atoms with van der Waals surface area (Å²) >= 11 is 6.10. The van der Waals surface area contributed by atoms with Crippen molar-refractivity contribution >= 4 is 34.4 Å². The number of fused-ring (bicyclic) bond motifs is 1. The van der Waals surface area contributed by atoms with Crippen LogP contribution in [0.2, 0.25) is 5.02 Å². The molecule has 1 aliphatic heterocycles. The number of amides is 1. The van der Waals surface area contributed by atoms with Gasteiger partial charge in [0.2, 0.25) is 5.91 Å². The molecule has 3 aromatic heterocycles. The Morgan fingerprint density at radius 2 is 2.22 bits per heavy atom. The van der Waals surface area contributed by atoms with Crippen molar-refractivity contribution in [3.63, 3.8) is 0 Å². The molecule has 27 heavy (non-hydrogen) atoms. The fraction of sp³-hybridized carbons (Fsp3) is 0.368. The Labute approximate surface area is 162 Å². The number of rotatable bonds is 4. The molecule has 3 aromatic rings. The fourth-order valence-electron chi connectivity index (χ4n) is 3.64. The Balaban J connectivity index is 0.00000192. The number of nitrogens with one attached hydrogen (secondary N) is 2. The van der Waals surface area contributed by atoms with Gasteiger partial charge >= 0.3 is 0 Å². The Hall–Kier alpha value is -2.67. The molecule has 1 atom stereocenters. The number of halogens is 1. The van der Waals surface area contributed by atoms with Crippen LogP contribution in [0.25, 0.3) is 22.4 Å². The maximum absolute atomic E-state index is 12.6. The largest absolute Gasteiger partial charge is 0.352 e. The van der Waals surface area contributed by atoms with Crippen molar-refractivity contribution in [1.29, 1.82) is 0 Å². The summed E-state index contributed by atoms with van der Waals surface area (Å²) in [6, 6.07) is 3.93. The molecule has 8 heteroatoms. The van der Waals surface area contributed by atoms with Gasteiger partial charge in [0.1, 0.15) is 17.5 Å². The molecular formula is C19H21ClN6O. The second-order valence-corrected chi connectivity index (χ2v) is 7.56. The lowest BCUT2D eigenvalue weighted by molar-refractivity contribution is -0.122. The van der Waals surface area contributed by atoms with E-state index in [4.69, 9.17) is 16.6 Å². The molecule has 0 spiro atoms. The Kier molecular flexibility index (Phi) is 3.97. The van der Waals surface area contributed by atoms with Gasteiger partial charge in [-0.2, -0.15) is 0 Å². The predicted octanol–water partition coefficient (Wildman–Crippen LogP) is 3.17. The summed E-state index contributed by atoms with van der Waals surface area (Å²) in [6.45, 7) is 0.820. The molecule has 0 unspecified atom stereocenters. The van der Waals surface area contributed by atoms with Crippen molar-refractivity contribution < 1.29 is 6.22 Å². The number of pyridine rings is 1. The summed E-state index contributed by atoms with van der Waals surface area (Å²) in [5.74, 6) is 1.48. The lowest BCUT2D eigenvalue weighted by Gasteiger charge is -2.25. The summed E-state index contributed by atoms with van der Waals surface area (Å²) in [5.41, 5.74) is 1.59. The van der Waals surface area contributed by atoms with Crippen molar-refractivity contribution in [3.05, 3.63) is 35.7 Å². The first kappa shape index (κ1) is 16.5. The summed E-state index contributed by atoms with van der Waals surface area (Å²) in [4.78, 5) is 31.3. The van der Waals surface area contributed by atoms with Gasteiger partial charge in [-0.05, 0) is 37.8 Å². The van der Waals surface area contributed by atoms with Crippen molar-refractivity contribution in [3.8, 4) is 11.4 Å². The topological polar surface area (TPSA) is 86.8 Å².